The van der Waals surface area contributed by atoms with Gasteiger partial charge < -0.3 is 0 Å². The van der Waals surface area contributed by atoms with E-state index in [-0.39, 0.29) is 10.8 Å². The Balaban J connectivity index is 1.74. The van der Waals surface area contributed by atoms with Crippen LogP contribution < -0.4 is 5.01 Å². The molecule has 1 aromatic heterocycles. The van der Waals surface area contributed by atoms with Crippen LogP contribution in [-0.2, 0) is 0 Å². The normalized spacial score (nSPS) is 11.2. The molecule has 0 atom stereocenters. The highest BCUT2D eigenvalue weighted by atomic mass is 32.1. The van der Waals surface area contributed by atoms with E-state index in [1.54, 1.807) is 24.3 Å². The molecule has 0 aliphatic heterocycles. The lowest BCUT2D eigenvalue weighted by molar-refractivity contribution is -0.384. The van der Waals surface area contributed by atoms with Crippen molar-refractivity contribution in [3.8, 4) is 0 Å². The molecule has 0 aliphatic carbocycles. The lowest BCUT2D eigenvalue weighted by atomic mass is 10.1. The predicted octanol–water partition coefficient (Wildman–Crippen LogP) is 5.33. The zero-order valence-corrected chi connectivity index (χ0v) is 17.0. The fourth-order valence-corrected chi connectivity index (χ4v) is 3.82. The van der Waals surface area contributed by atoms with Crippen LogP contribution in [0.2, 0.25) is 0 Å². The van der Waals surface area contributed by atoms with Crippen LogP contribution in [0.4, 0.5) is 15.2 Å². The Morgan fingerprint density at radius 2 is 1.94 bits per heavy atom. The number of carbonyl (C=O) groups is 1. The molecule has 4 rings (SSSR count). The summed E-state index contributed by atoms with van der Waals surface area (Å²) in [5.74, 6) is -0.796. The van der Waals surface area contributed by atoms with Gasteiger partial charge in [0.1, 0.15) is 5.82 Å². The smallest absolute Gasteiger partial charge is 0.267 e. The molecule has 3 aromatic carbocycles. The number of nitrogens with zero attached hydrogens (tertiary/aromatic N) is 4. The van der Waals surface area contributed by atoms with Crippen LogP contribution in [0.1, 0.15) is 21.5 Å². The molecule has 31 heavy (non-hydrogen) atoms. The molecule has 9 heteroatoms. The first-order valence-corrected chi connectivity index (χ1v) is 9.98. The number of aromatic nitrogens is 1. The van der Waals surface area contributed by atoms with E-state index in [1.807, 2.05) is 13.0 Å². The van der Waals surface area contributed by atoms with Crippen LogP contribution in [0.25, 0.3) is 10.2 Å². The number of benzene rings is 3. The molecule has 1 amide bonds. The van der Waals surface area contributed by atoms with Crippen molar-refractivity contribution in [2.75, 3.05) is 5.01 Å². The first-order chi connectivity index (χ1) is 14.9. The largest absolute Gasteiger partial charge is 0.280 e. The van der Waals surface area contributed by atoms with Crippen LogP contribution in [0.5, 0.6) is 0 Å². The monoisotopic (exact) mass is 434 g/mol. The van der Waals surface area contributed by atoms with E-state index < -0.39 is 16.6 Å². The van der Waals surface area contributed by atoms with Gasteiger partial charge in [-0.15, -0.1) is 0 Å². The number of non-ortho nitro benzene ring substituents is 1. The van der Waals surface area contributed by atoms with Crippen molar-refractivity contribution in [3.05, 3.63) is 99.4 Å². The summed E-state index contributed by atoms with van der Waals surface area (Å²) in [7, 11) is 0. The van der Waals surface area contributed by atoms with Crippen LogP contribution in [0.15, 0.2) is 71.8 Å². The number of aryl methyl sites for hydroxylation is 1. The van der Waals surface area contributed by atoms with Crippen LogP contribution in [-0.4, -0.2) is 22.0 Å². The first kappa shape index (κ1) is 20.3. The van der Waals surface area contributed by atoms with Crippen molar-refractivity contribution >= 4 is 44.5 Å². The molecule has 1 heterocycles. The minimum atomic E-state index is -0.491. The Morgan fingerprint density at radius 1 is 1.16 bits per heavy atom. The lowest BCUT2D eigenvalue weighted by Crippen LogP contribution is -2.25. The molecule has 4 aromatic rings. The number of halogens is 1. The molecule has 7 nitrogen and oxygen atoms in total. The summed E-state index contributed by atoms with van der Waals surface area (Å²) in [4.78, 5) is 28.0. The van der Waals surface area contributed by atoms with Gasteiger partial charge in [0.05, 0.1) is 21.4 Å². The number of fused-ring (bicyclic) bond motifs is 1. The van der Waals surface area contributed by atoms with Gasteiger partial charge >= 0.3 is 0 Å². The fourth-order valence-electron chi connectivity index (χ4n) is 2.87. The van der Waals surface area contributed by atoms with Gasteiger partial charge in [0, 0.05) is 17.7 Å². The zero-order chi connectivity index (χ0) is 22.0. The first-order valence-electron chi connectivity index (χ1n) is 9.16. The Bertz CT molecular complexity index is 1320. The number of hydrogen-bond acceptors (Lipinski definition) is 6. The van der Waals surface area contributed by atoms with Crippen molar-refractivity contribution in [1.82, 2.24) is 4.98 Å². The number of anilines is 1. The van der Waals surface area contributed by atoms with Crippen molar-refractivity contribution < 1.29 is 14.1 Å². The zero-order valence-electron chi connectivity index (χ0n) is 16.2. The molecular formula is C22H15FN4O3S. The summed E-state index contributed by atoms with van der Waals surface area (Å²) >= 11 is 1.14. The Hall–Kier alpha value is -3.98. The third-order valence-corrected chi connectivity index (χ3v) is 5.40. The standard InChI is InChI=1S/C22H15FN4O3S/c1-14-3-2-4-16(11-14)21(28)26(22-25-19-10-7-17(23)12-20(19)31-22)24-13-15-5-8-18(9-6-15)27(29)30/h2-13H,1H3/b24-13+. The van der Waals surface area contributed by atoms with E-state index in [4.69, 9.17) is 0 Å². The summed E-state index contributed by atoms with van der Waals surface area (Å²) < 4.78 is 14.2. The van der Waals surface area contributed by atoms with Crippen LogP contribution >= 0.6 is 11.3 Å². The van der Waals surface area contributed by atoms with Crippen LogP contribution in [0.3, 0.4) is 0 Å². The maximum absolute atomic E-state index is 13.6. The van der Waals surface area contributed by atoms with Gasteiger partial charge in [-0.2, -0.15) is 10.1 Å². The van der Waals surface area contributed by atoms with Crippen molar-refractivity contribution in [3.63, 3.8) is 0 Å². The molecule has 0 N–H and O–H groups in total. The highest BCUT2D eigenvalue weighted by Gasteiger charge is 2.21. The number of amides is 1. The number of nitro groups is 1. The number of nitro benzene ring substituents is 1. The average molecular weight is 434 g/mol. The van der Waals surface area contributed by atoms with E-state index in [0.29, 0.717) is 21.3 Å². The summed E-state index contributed by atoms with van der Waals surface area (Å²) in [6.07, 6.45) is 1.42. The van der Waals surface area contributed by atoms with Gasteiger partial charge in [0.2, 0.25) is 5.13 Å². The van der Waals surface area contributed by atoms with Gasteiger partial charge in [0.15, 0.2) is 0 Å². The number of carbonyl (C=O) groups excluding carboxylic acids is 1. The minimum Gasteiger partial charge on any atom is -0.267 e. The molecule has 0 saturated carbocycles. The van der Waals surface area contributed by atoms with E-state index in [0.717, 1.165) is 21.9 Å². The van der Waals surface area contributed by atoms with E-state index in [2.05, 4.69) is 10.1 Å². The highest BCUT2D eigenvalue weighted by molar-refractivity contribution is 7.22. The van der Waals surface area contributed by atoms with E-state index >= 15 is 0 Å². The fraction of sp³-hybridized carbons (Fsp3) is 0.0455. The quantitative estimate of drug-likeness (QED) is 0.241. The molecule has 0 fully saturated rings. The number of thiazole rings is 1. The van der Waals surface area contributed by atoms with Gasteiger partial charge in [-0.1, -0.05) is 29.0 Å². The lowest BCUT2D eigenvalue weighted by Gasteiger charge is -2.14. The second kappa shape index (κ2) is 8.41. The number of hydrogen-bond donors (Lipinski definition) is 0. The van der Waals surface area contributed by atoms with Crippen molar-refractivity contribution in [2.45, 2.75) is 6.92 Å². The molecule has 154 valence electrons. The van der Waals surface area contributed by atoms with Crippen molar-refractivity contribution in [1.29, 1.82) is 0 Å². The van der Waals surface area contributed by atoms with Gasteiger partial charge in [-0.25, -0.2) is 9.37 Å². The molecular weight excluding hydrogens is 419 g/mol. The van der Waals surface area contributed by atoms with Gasteiger partial charge in [-0.3, -0.25) is 14.9 Å². The maximum atomic E-state index is 13.6. The Morgan fingerprint density at radius 3 is 2.65 bits per heavy atom. The highest BCUT2D eigenvalue weighted by Crippen LogP contribution is 2.30. The SMILES string of the molecule is Cc1cccc(C(=O)N(/N=C/c2ccc([N+](=O)[O-])cc2)c2nc3ccc(F)cc3s2)c1. The van der Waals surface area contributed by atoms with Gasteiger partial charge in [-0.05, 0) is 55.0 Å². The van der Waals surface area contributed by atoms with Crippen molar-refractivity contribution in [2.24, 2.45) is 5.10 Å². The molecule has 0 spiro atoms. The molecule has 0 radical (unpaired) electrons. The third kappa shape index (κ3) is 4.46. The second-order valence-electron chi connectivity index (χ2n) is 6.69. The Labute approximate surface area is 180 Å². The summed E-state index contributed by atoms with van der Waals surface area (Å²) in [6.45, 7) is 1.88. The second-order valence-corrected chi connectivity index (χ2v) is 7.70. The number of rotatable bonds is 5. The number of hydrazone groups is 1. The summed E-state index contributed by atoms with van der Waals surface area (Å²) in [5.41, 5.74) is 2.41. The van der Waals surface area contributed by atoms with E-state index in [1.165, 1.54) is 42.6 Å². The maximum Gasteiger partial charge on any atom is 0.280 e. The van der Waals surface area contributed by atoms with Gasteiger partial charge in [0.25, 0.3) is 11.6 Å². The minimum absolute atomic E-state index is 0.0435. The molecule has 0 unspecified atom stereocenters. The molecule has 0 aliphatic rings. The predicted molar refractivity (Wildman–Crippen MR) is 118 cm³/mol. The van der Waals surface area contributed by atoms with E-state index in [9.17, 15) is 19.3 Å². The summed E-state index contributed by atoms with van der Waals surface area (Å²) in [6, 6.07) is 17.0. The van der Waals surface area contributed by atoms with Crippen LogP contribution in [0, 0.1) is 22.9 Å². The molecule has 0 bridgehead atoms. The topological polar surface area (TPSA) is 88.7 Å². The Kier molecular flexibility index (Phi) is 5.50. The third-order valence-electron chi connectivity index (χ3n) is 4.40. The average Bonchev–Trinajstić information content (AvgIpc) is 3.16. The summed E-state index contributed by atoms with van der Waals surface area (Å²) in [5, 5.41) is 16.6. The molecule has 0 saturated heterocycles.